The van der Waals surface area contributed by atoms with E-state index < -0.39 is 0 Å². The molecule has 1 saturated carbocycles. The summed E-state index contributed by atoms with van der Waals surface area (Å²) in [4.78, 5) is 13.8. The fraction of sp³-hybridized carbons (Fsp3) is 0.526. The second-order valence-electron chi connectivity index (χ2n) is 6.62. The fourth-order valence-electron chi connectivity index (χ4n) is 3.52. The lowest BCUT2D eigenvalue weighted by Gasteiger charge is -2.24. The Kier molecular flexibility index (Phi) is 7.59. The predicted octanol–water partition coefficient (Wildman–Crippen LogP) is 4.12. The van der Waals surface area contributed by atoms with Crippen LogP contribution in [0.5, 0.6) is 0 Å². The molecule has 0 unspecified atom stereocenters. The second kappa shape index (κ2) is 9.69. The van der Waals surface area contributed by atoms with Gasteiger partial charge in [-0.2, -0.15) is 0 Å². The van der Waals surface area contributed by atoms with Crippen molar-refractivity contribution in [2.24, 2.45) is 7.05 Å². The first-order valence-corrected chi connectivity index (χ1v) is 9.18. The van der Waals surface area contributed by atoms with Gasteiger partial charge in [0.15, 0.2) is 0 Å². The summed E-state index contributed by atoms with van der Waals surface area (Å²) in [5.41, 5.74) is 0.671. The first kappa shape index (κ1) is 21.2. The van der Waals surface area contributed by atoms with Gasteiger partial charge in [-0.15, -0.1) is 22.6 Å². The van der Waals surface area contributed by atoms with E-state index >= 15 is 0 Å². The normalized spacial score (nSPS) is 14.5. The number of esters is 1. The molecule has 0 atom stereocenters. The molecule has 0 amide bonds. The number of ether oxygens (including phenoxy) is 1. The number of anilines is 2. The van der Waals surface area contributed by atoms with Gasteiger partial charge in [-0.05, 0) is 44.0 Å². The molecule has 1 aliphatic carbocycles. The summed E-state index contributed by atoms with van der Waals surface area (Å²) >= 11 is 0. The Hall–Kier alpha value is -2.15. The molecule has 148 valence electrons. The smallest absolute Gasteiger partial charge is 0.326 e. The molecule has 0 bridgehead atoms. The van der Waals surface area contributed by atoms with Gasteiger partial charge in [0.2, 0.25) is 5.95 Å². The van der Waals surface area contributed by atoms with Gasteiger partial charge in [0.05, 0.1) is 6.61 Å². The van der Waals surface area contributed by atoms with Crippen LogP contribution in [0.1, 0.15) is 50.8 Å². The summed E-state index contributed by atoms with van der Waals surface area (Å²) in [5.74, 6) is 1.21. The molecule has 2 aromatic rings. The third-order valence-corrected chi connectivity index (χ3v) is 4.83. The lowest BCUT2D eigenvalue weighted by molar-refractivity contribution is -0.141. The van der Waals surface area contributed by atoms with Crippen LogP contribution in [-0.4, -0.2) is 33.9 Å². The molecule has 1 heterocycles. The topological polar surface area (TPSA) is 60.2 Å². The number of hydrogen-bond donors (Lipinski definition) is 0. The van der Waals surface area contributed by atoms with Crippen molar-refractivity contribution in [1.82, 2.24) is 14.8 Å². The number of hydrogen-bond acceptors (Lipinski definition) is 5. The maximum absolute atomic E-state index is 13.3. The van der Waals surface area contributed by atoms with E-state index in [1.807, 2.05) is 11.6 Å². The highest BCUT2D eigenvalue weighted by Crippen LogP contribution is 2.33. The zero-order chi connectivity index (χ0) is 18.5. The van der Waals surface area contributed by atoms with E-state index in [1.54, 1.807) is 24.0 Å². The maximum Gasteiger partial charge on any atom is 0.326 e. The highest BCUT2D eigenvalue weighted by Gasteiger charge is 2.25. The van der Waals surface area contributed by atoms with Crippen molar-refractivity contribution in [2.75, 3.05) is 18.1 Å². The largest absolute Gasteiger partial charge is 0.465 e. The molecule has 1 aliphatic rings. The van der Waals surface area contributed by atoms with Crippen molar-refractivity contribution in [3.8, 4) is 0 Å². The van der Waals surface area contributed by atoms with Crippen molar-refractivity contribution in [1.29, 1.82) is 0 Å². The molecule has 0 saturated heterocycles. The second-order valence-corrected chi connectivity index (χ2v) is 6.62. The van der Waals surface area contributed by atoms with Gasteiger partial charge in [-0.3, -0.25) is 14.3 Å². The lowest BCUT2D eigenvalue weighted by Crippen LogP contribution is -2.29. The van der Waals surface area contributed by atoms with E-state index in [4.69, 9.17) is 4.74 Å². The molecule has 0 spiro atoms. The van der Waals surface area contributed by atoms with Gasteiger partial charge < -0.3 is 4.74 Å². The standard InChI is InChI=1S/C19H25FN4O2.ClH/c1-3-26-17(25)13-24(16-11-9-15(20)10-12-16)19-22-21-18(23(19)2)14-7-5-4-6-8-14;/h9-12,14H,3-8,13H2,1-2H3;1H. The van der Waals surface area contributed by atoms with Crippen molar-refractivity contribution in [2.45, 2.75) is 44.9 Å². The minimum Gasteiger partial charge on any atom is -0.465 e. The molecule has 1 fully saturated rings. The molecule has 1 aromatic carbocycles. The summed E-state index contributed by atoms with van der Waals surface area (Å²) in [7, 11) is 1.92. The van der Waals surface area contributed by atoms with Gasteiger partial charge in [-0.1, -0.05) is 19.3 Å². The summed E-state index contributed by atoms with van der Waals surface area (Å²) in [6.07, 6.45) is 5.90. The molecule has 1 aromatic heterocycles. The zero-order valence-electron chi connectivity index (χ0n) is 15.7. The molecule has 3 rings (SSSR count). The van der Waals surface area contributed by atoms with Crippen LogP contribution in [0.3, 0.4) is 0 Å². The minimum atomic E-state index is -0.362. The van der Waals surface area contributed by atoms with E-state index in [1.165, 1.54) is 31.4 Å². The minimum absolute atomic E-state index is 0. The van der Waals surface area contributed by atoms with E-state index in [0.29, 0.717) is 24.2 Å². The Bertz CT molecular complexity index is 745. The highest BCUT2D eigenvalue weighted by molar-refractivity contribution is 5.85. The van der Waals surface area contributed by atoms with Crippen molar-refractivity contribution in [3.63, 3.8) is 0 Å². The third-order valence-electron chi connectivity index (χ3n) is 4.83. The average molecular weight is 397 g/mol. The van der Waals surface area contributed by atoms with Crippen LogP contribution in [0.2, 0.25) is 0 Å². The van der Waals surface area contributed by atoms with Crippen LogP contribution in [-0.2, 0) is 16.6 Å². The molecule has 0 aliphatic heterocycles. The monoisotopic (exact) mass is 396 g/mol. The van der Waals surface area contributed by atoms with E-state index in [9.17, 15) is 9.18 Å². The first-order valence-electron chi connectivity index (χ1n) is 9.18. The molecule has 8 heteroatoms. The number of rotatable bonds is 6. The third kappa shape index (κ3) is 4.97. The molecular weight excluding hydrogens is 371 g/mol. The Morgan fingerprint density at radius 3 is 2.52 bits per heavy atom. The zero-order valence-corrected chi connectivity index (χ0v) is 16.5. The quantitative estimate of drug-likeness (QED) is 0.687. The molecule has 27 heavy (non-hydrogen) atoms. The molecular formula is C19H26ClFN4O2. The number of aromatic nitrogens is 3. The Labute approximate surface area is 165 Å². The Balaban J connectivity index is 0.00000261. The number of benzene rings is 1. The lowest BCUT2D eigenvalue weighted by atomic mass is 9.89. The summed E-state index contributed by atoms with van der Waals surface area (Å²) < 4.78 is 20.4. The van der Waals surface area contributed by atoms with Crippen LogP contribution in [0.15, 0.2) is 24.3 Å². The highest BCUT2D eigenvalue weighted by atomic mass is 35.5. The predicted molar refractivity (Wildman–Crippen MR) is 104 cm³/mol. The van der Waals surface area contributed by atoms with Gasteiger partial charge >= 0.3 is 5.97 Å². The number of carbonyl (C=O) groups excluding carboxylic acids is 1. The maximum atomic E-state index is 13.3. The van der Waals surface area contributed by atoms with Gasteiger partial charge in [0.25, 0.3) is 0 Å². The Morgan fingerprint density at radius 2 is 1.89 bits per heavy atom. The van der Waals surface area contributed by atoms with E-state index in [-0.39, 0.29) is 30.7 Å². The van der Waals surface area contributed by atoms with Crippen LogP contribution >= 0.6 is 12.4 Å². The van der Waals surface area contributed by atoms with Crippen LogP contribution in [0, 0.1) is 5.82 Å². The molecule has 0 N–H and O–H groups in total. The van der Waals surface area contributed by atoms with Crippen molar-refractivity contribution in [3.05, 3.63) is 35.9 Å². The van der Waals surface area contributed by atoms with Crippen LogP contribution < -0.4 is 4.90 Å². The first-order chi connectivity index (χ1) is 12.6. The van der Waals surface area contributed by atoms with Gasteiger partial charge in [-0.25, -0.2) is 4.39 Å². The van der Waals surface area contributed by atoms with Gasteiger partial charge in [0, 0.05) is 18.7 Å². The Morgan fingerprint density at radius 1 is 1.22 bits per heavy atom. The number of carbonyl (C=O) groups is 1. The van der Waals surface area contributed by atoms with Crippen LogP contribution in [0.25, 0.3) is 0 Å². The number of nitrogens with zero attached hydrogens (tertiary/aromatic N) is 4. The van der Waals surface area contributed by atoms with Crippen molar-refractivity contribution < 1.29 is 13.9 Å². The van der Waals surface area contributed by atoms with Gasteiger partial charge in [0.1, 0.15) is 18.2 Å². The van der Waals surface area contributed by atoms with Crippen molar-refractivity contribution >= 4 is 30.0 Å². The SMILES string of the molecule is CCOC(=O)CN(c1ccc(F)cc1)c1nnc(C2CCCCC2)n1C.Cl. The van der Waals surface area contributed by atoms with Crippen LogP contribution in [0.4, 0.5) is 16.0 Å². The fourth-order valence-corrected chi connectivity index (χ4v) is 3.52. The van der Waals surface area contributed by atoms with E-state index in [2.05, 4.69) is 10.2 Å². The molecule has 0 radical (unpaired) electrons. The number of halogens is 2. The summed E-state index contributed by atoms with van der Waals surface area (Å²) in [6, 6.07) is 5.99. The summed E-state index contributed by atoms with van der Waals surface area (Å²) in [6.45, 7) is 2.07. The average Bonchev–Trinajstić information content (AvgIpc) is 3.03. The van der Waals surface area contributed by atoms with E-state index in [0.717, 1.165) is 18.7 Å². The molecule has 6 nitrogen and oxygen atoms in total. The summed E-state index contributed by atoms with van der Waals surface area (Å²) in [5, 5.41) is 8.74.